The van der Waals surface area contributed by atoms with Crippen LogP contribution in [0.1, 0.15) is 41.6 Å². The van der Waals surface area contributed by atoms with Crippen LogP contribution in [0.25, 0.3) is 0 Å². The Labute approximate surface area is 135 Å². The monoisotopic (exact) mass is 315 g/mol. The van der Waals surface area contributed by atoms with Gasteiger partial charge in [0.1, 0.15) is 5.76 Å². The smallest absolute Gasteiger partial charge is 0.333 e. The summed E-state index contributed by atoms with van der Waals surface area (Å²) < 4.78 is 5.06. The molecule has 2 rings (SSSR count). The highest BCUT2D eigenvalue weighted by atomic mass is 16.3. The van der Waals surface area contributed by atoms with Crippen LogP contribution in [0.4, 0.5) is 4.79 Å². The first-order valence-corrected chi connectivity index (χ1v) is 7.45. The Balaban J connectivity index is 1.93. The quantitative estimate of drug-likeness (QED) is 0.759. The molecular weight excluding hydrogens is 294 g/mol. The summed E-state index contributed by atoms with van der Waals surface area (Å²) in [6.07, 6.45) is 1.43. The first-order valence-electron chi connectivity index (χ1n) is 7.45. The molecule has 1 atom stereocenters. The first-order chi connectivity index (χ1) is 11.0. The molecular formula is C17H21N3O3. The average Bonchev–Trinajstić information content (AvgIpc) is 2.97. The molecule has 6 nitrogen and oxygen atoms in total. The summed E-state index contributed by atoms with van der Waals surface area (Å²) in [5.74, 6) is 0.274. The van der Waals surface area contributed by atoms with Crippen molar-refractivity contribution in [1.82, 2.24) is 16.2 Å². The zero-order chi connectivity index (χ0) is 16.8. The number of urea groups is 1. The predicted molar refractivity (Wildman–Crippen MR) is 86.6 cm³/mol. The van der Waals surface area contributed by atoms with Gasteiger partial charge < -0.3 is 9.73 Å². The highest BCUT2D eigenvalue weighted by Gasteiger charge is 2.19. The summed E-state index contributed by atoms with van der Waals surface area (Å²) >= 11 is 0. The van der Waals surface area contributed by atoms with Gasteiger partial charge in [0.2, 0.25) is 0 Å². The van der Waals surface area contributed by atoms with Gasteiger partial charge in [0.25, 0.3) is 5.91 Å². The summed E-state index contributed by atoms with van der Waals surface area (Å²) in [6, 6.07) is 10.6. The fraction of sp³-hybridized carbons (Fsp3) is 0.294. The molecule has 0 spiro atoms. The second-order valence-electron chi connectivity index (χ2n) is 5.58. The average molecular weight is 315 g/mol. The molecule has 3 N–H and O–H groups in total. The Morgan fingerprint density at radius 2 is 1.74 bits per heavy atom. The van der Waals surface area contributed by atoms with Crippen LogP contribution in [0.15, 0.2) is 47.1 Å². The van der Waals surface area contributed by atoms with Crippen molar-refractivity contribution in [1.29, 1.82) is 0 Å². The molecule has 1 heterocycles. The fourth-order valence-corrected chi connectivity index (χ4v) is 2.27. The number of aryl methyl sites for hydroxylation is 1. The number of nitrogens with one attached hydrogen (secondary N) is 3. The minimum absolute atomic E-state index is 0.149. The highest BCUT2D eigenvalue weighted by molar-refractivity contribution is 5.96. The van der Waals surface area contributed by atoms with E-state index in [1.165, 1.54) is 6.26 Å². The van der Waals surface area contributed by atoms with Gasteiger partial charge in [-0.3, -0.25) is 10.2 Å². The van der Waals surface area contributed by atoms with Crippen molar-refractivity contribution in [3.05, 3.63) is 59.5 Å². The molecule has 23 heavy (non-hydrogen) atoms. The van der Waals surface area contributed by atoms with Crippen LogP contribution in [-0.2, 0) is 0 Å². The van der Waals surface area contributed by atoms with Crippen molar-refractivity contribution in [2.75, 3.05) is 0 Å². The predicted octanol–water partition coefficient (Wildman–Crippen LogP) is 2.93. The Morgan fingerprint density at radius 1 is 1.04 bits per heavy atom. The van der Waals surface area contributed by atoms with E-state index in [0.29, 0.717) is 11.3 Å². The van der Waals surface area contributed by atoms with Crippen molar-refractivity contribution in [2.45, 2.75) is 26.8 Å². The van der Waals surface area contributed by atoms with Crippen LogP contribution in [0.2, 0.25) is 0 Å². The lowest BCUT2D eigenvalue weighted by atomic mass is 9.96. The van der Waals surface area contributed by atoms with Crippen molar-refractivity contribution < 1.29 is 14.0 Å². The number of carbonyl (C=O) groups excluding carboxylic acids is 2. The Morgan fingerprint density at radius 3 is 2.30 bits per heavy atom. The summed E-state index contributed by atoms with van der Waals surface area (Å²) in [6.45, 7) is 5.72. The molecule has 0 aliphatic heterocycles. The van der Waals surface area contributed by atoms with E-state index in [4.69, 9.17) is 4.42 Å². The Kier molecular flexibility index (Phi) is 5.41. The zero-order valence-corrected chi connectivity index (χ0v) is 13.4. The fourth-order valence-electron chi connectivity index (χ4n) is 2.27. The largest absolute Gasteiger partial charge is 0.469 e. The van der Waals surface area contributed by atoms with E-state index in [9.17, 15) is 9.59 Å². The van der Waals surface area contributed by atoms with E-state index < -0.39 is 11.9 Å². The highest BCUT2D eigenvalue weighted by Crippen LogP contribution is 2.20. The number of carbonyl (C=O) groups is 2. The Bertz CT molecular complexity index is 665. The number of rotatable bonds is 4. The van der Waals surface area contributed by atoms with Gasteiger partial charge in [0, 0.05) is 0 Å². The van der Waals surface area contributed by atoms with Gasteiger partial charge in [0.05, 0.1) is 17.9 Å². The summed E-state index contributed by atoms with van der Waals surface area (Å²) in [7, 11) is 0. The van der Waals surface area contributed by atoms with E-state index in [1.807, 2.05) is 44.2 Å². The lowest BCUT2D eigenvalue weighted by Crippen LogP contribution is -2.48. The third-order valence-electron chi connectivity index (χ3n) is 3.50. The third-order valence-corrected chi connectivity index (χ3v) is 3.50. The van der Waals surface area contributed by atoms with E-state index in [1.54, 1.807) is 13.0 Å². The number of amides is 3. The maximum absolute atomic E-state index is 12.0. The molecule has 0 bridgehead atoms. The summed E-state index contributed by atoms with van der Waals surface area (Å²) in [5.41, 5.74) is 6.11. The Hall–Kier alpha value is -2.76. The van der Waals surface area contributed by atoms with E-state index in [2.05, 4.69) is 16.2 Å². The molecule has 0 aliphatic rings. The van der Waals surface area contributed by atoms with Gasteiger partial charge in [0.15, 0.2) is 0 Å². The number of benzene rings is 1. The number of hydrogen-bond acceptors (Lipinski definition) is 3. The zero-order valence-electron chi connectivity index (χ0n) is 13.4. The molecule has 3 amide bonds. The molecule has 6 heteroatoms. The second-order valence-corrected chi connectivity index (χ2v) is 5.58. The molecule has 122 valence electrons. The van der Waals surface area contributed by atoms with Crippen LogP contribution in [0.5, 0.6) is 0 Å². The van der Waals surface area contributed by atoms with Gasteiger partial charge >= 0.3 is 6.03 Å². The molecule has 0 aliphatic carbocycles. The molecule has 0 unspecified atom stereocenters. The van der Waals surface area contributed by atoms with Gasteiger partial charge in [-0.2, -0.15) is 0 Å². The van der Waals surface area contributed by atoms with Gasteiger partial charge in [-0.15, -0.1) is 0 Å². The van der Waals surface area contributed by atoms with Crippen LogP contribution < -0.4 is 16.2 Å². The molecule has 0 saturated carbocycles. The number of hydrogen-bond donors (Lipinski definition) is 3. The molecule has 2 aromatic rings. The van der Waals surface area contributed by atoms with E-state index in [-0.39, 0.29) is 12.0 Å². The standard InChI is InChI=1S/C17H21N3O3/c1-11(2)15(13-7-5-4-6-8-13)18-17(22)20-19-16(21)14-9-10-23-12(14)3/h4-11,15H,1-3H3,(H,19,21)(H2,18,20,22)/t15-/m1/s1. The van der Waals surface area contributed by atoms with Crippen LogP contribution >= 0.6 is 0 Å². The van der Waals surface area contributed by atoms with Crippen LogP contribution in [0, 0.1) is 12.8 Å². The van der Waals surface area contributed by atoms with Crippen LogP contribution in [-0.4, -0.2) is 11.9 Å². The maximum atomic E-state index is 12.0. The molecule has 0 radical (unpaired) electrons. The van der Waals surface area contributed by atoms with E-state index in [0.717, 1.165) is 5.56 Å². The third kappa shape index (κ3) is 4.35. The topological polar surface area (TPSA) is 83.4 Å². The molecule has 0 saturated heterocycles. The van der Waals surface area contributed by atoms with Gasteiger partial charge in [-0.1, -0.05) is 44.2 Å². The van der Waals surface area contributed by atoms with Crippen LogP contribution in [0.3, 0.4) is 0 Å². The molecule has 0 fully saturated rings. The summed E-state index contributed by atoms with van der Waals surface area (Å²) in [4.78, 5) is 23.9. The minimum Gasteiger partial charge on any atom is -0.469 e. The molecule has 1 aromatic carbocycles. The van der Waals surface area contributed by atoms with Crippen molar-refractivity contribution >= 4 is 11.9 Å². The minimum atomic E-state index is -0.470. The van der Waals surface area contributed by atoms with Gasteiger partial charge in [-0.05, 0) is 24.5 Å². The SMILES string of the molecule is Cc1occc1C(=O)NNC(=O)N[C@@H](c1ccccc1)C(C)C. The lowest BCUT2D eigenvalue weighted by Gasteiger charge is -2.23. The normalized spacial score (nSPS) is 11.8. The second kappa shape index (κ2) is 7.49. The van der Waals surface area contributed by atoms with E-state index >= 15 is 0 Å². The number of furan rings is 1. The summed E-state index contributed by atoms with van der Waals surface area (Å²) in [5, 5.41) is 2.86. The van der Waals surface area contributed by atoms with Crippen molar-refractivity contribution in [3.8, 4) is 0 Å². The van der Waals surface area contributed by atoms with Crippen molar-refractivity contribution in [3.63, 3.8) is 0 Å². The van der Waals surface area contributed by atoms with Crippen molar-refractivity contribution in [2.24, 2.45) is 5.92 Å². The number of hydrazine groups is 1. The molecule has 1 aromatic heterocycles. The first kappa shape index (κ1) is 16.6. The van der Waals surface area contributed by atoms with Gasteiger partial charge in [-0.25, -0.2) is 10.2 Å². The lowest BCUT2D eigenvalue weighted by molar-refractivity contribution is 0.0934. The maximum Gasteiger partial charge on any atom is 0.333 e.